The van der Waals surface area contributed by atoms with E-state index in [4.69, 9.17) is 15.3 Å². The second-order valence-electron chi connectivity index (χ2n) is 2.85. The molecule has 0 radical (unpaired) electrons. The third kappa shape index (κ3) is 19.3. The van der Waals surface area contributed by atoms with Crippen LogP contribution < -0.4 is 0 Å². The first-order valence-corrected chi connectivity index (χ1v) is 4.51. The highest BCUT2D eigenvalue weighted by atomic mass is 16.5. The van der Waals surface area contributed by atoms with E-state index in [-0.39, 0.29) is 19.0 Å². The number of esters is 1. The van der Waals surface area contributed by atoms with E-state index in [2.05, 4.69) is 4.74 Å². The van der Waals surface area contributed by atoms with Gasteiger partial charge < -0.3 is 20.1 Å². The molecule has 0 aromatic heterocycles. The maximum absolute atomic E-state index is 10.2. The van der Waals surface area contributed by atoms with Crippen molar-refractivity contribution in [3.63, 3.8) is 0 Å². The summed E-state index contributed by atoms with van der Waals surface area (Å²) in [6, 6.07) is 0. The van der Waals surface area contributed by atoms with E-state index in [0.717, 1.165) is 0 Å². The van der Waals surface area contributed by atoms with Gasteiger partial charge >= 0.3 is 11.9 Å². The van der Waals surface area contributed by atoms with E-state index in [1.165, 1.54) is 14.0 Å². The zero-order valence-electron chi connectivity index (χ0n) is 8.97. The van der Waals surface area contributed by atoms with Gasteiger partial charge in [0.15, 0.2) is 0 Å². The first-order valence-electron chi connectivity index (χ1n) is 4.51. The van der Waals surface area contributed by atoms with Crippen LogP contribution in [0.3, 0.4) is 0 Å². The molecule has 0 rings (SSSR count). The molecule has 6 nitrogen and oxygen atoms in total. The molecule has 0 aliphatic carbocycles. The summed E-state index contributed by atoms with van der Waals surface area (Å²) in [5.41, 5.74) is 0. The Labute approximate surface area is 88.5 Å². The smallest absolute Gasteiger partial charge is 0.305 e. The number of carbonyl (C=O) groups excluding carboxylic acids is 1. The van der Waals surface area contributed by atoms with E-state index < -0.39 is 12.1 Å². The maximum Gasteiger partial charge on any atom is 0.305 e. The van der Waals surface area contributed by atoms with Crippen molar-refractivity contribution in [2.75, 3.05) is 13.7 Å². The third-order valence-electron chi connectivity index (χ3n) is 1.24. The number of aliphatic hydroxyl groups is 2. The molecular formula is C9H18O6. The van der Waals surface area contributed by atoms with Crippen molar-refractivity contribution in [1.82, 2.24) is 0 Å². The maximum atomic E-state index is 10.2. The Morgan fingerprint density at radius 2 is 1.93 bits per heavy atom. The summed E-state index contributed by atoms with van der Waals surface area (Å²) >= 11 is 0. The Morgan fingerprint density at radius 1 is 1.40 bits per heavy atom. The van der Waals surface area contributed by atoms with Crippen molar-refractivity contribution in [2.45, 2.75) is 32.3 Å². The van der Waals surface area contributed by atoms with E-state index in [9.17, 15) is 9.59 Å². The standard InChI is InChI=1S/C5H10O3.C4H8O3/c1-8-5(7)3-2-4-6;1-3(5)2-4(6)7/h6H,2-4H2,1H3;3,5H,2H2,1H3,(H,6,7). The summed E-state index contributed by atoms with van der Waals surface area (Å²) in [7, 11) is 1.33. The van der Waals surface area contributed by atoms with Gasteiger partial charge in [0.05, 0.1) is 19.6 Å². The minimum atomic E-state index is -0.963. The number of carboxylic acids is 1. The lowest BCUT2D eigenvalue weighted by Gasteiger charge is -1.94. The Bertz CT molecular complexity index is 177. The van der Waals surface area contributed by atoms with Gasteiger partial charge in [0, 0.05) is 13.0 Å². The van der Waals surface area contributed by atoms with Crippen LogP contribution in [-0.4, -0.2) is 47.1 Å². The average molecular weight is 222 g/mol. The van der Waals surface area contributed by atoms with Gasteiger partial charge in [-0.2, -0.15) is 0 Å². The predicted molar refractivity (Wildman–Crippen MR) is 52.3 cm³/mol. The molecule has 1 atom stereocenters. The van der Waals surface area contributed by atoms with Gasteiger partial charge in [-0.1, -0.05) is 0 Å². The van der Waals surface area contributed by atoms with Crippen molar-refractivity contribution < 1.29 is 29.6 Å². The first kappa shape index (κ1) is 16.3. The fourth-order valence-corrected chi connectivity index (χ4v) is 0.578. The van der Waals surface area contributed by atoms with Crippen LogP contribution in [-0.2, 0) is 14.3 Å². The lowest BCUT2D eigenvalue weighted by molar-refractivity contribution is -0.141. The molecule has 0 aliphatic rings. The molecule has 0 fully saturated rings. The van der Waals surface area contributed by atoms with Crippen LogP contribution in [0.25, 0.3) is 0 Å². The van der Waals surface area contributed by atoms with Gasteiger partial charge in [0.2, 0.25) is 0 Å². The largest absolute Gasteiger partial charge is 0.481 e. The molecule has 0 spiro atoms. The quantitative estimate of drug-likeness (QED) is 0.555. The van der Waals surface area contributed by atoms with E-state index in [1.807, 2.05) is 0 Å². The van der Waals surface area contributed by atoms with Crippen molar-refractivity contribution in [2.24, 2.45) is 0 Å². The number of aliphatic carboxylic acids is 1. The summed E-state index contributed by atoms with van der Waals surface area (Å²) in [5.74, 6) is -1.23. The van der Waals surface area contributed by atoms with Gasteiger partial charge in [-0.15, -0.1) is 0 Å². The van der Waals surface area contributed by atoms with Crippen molar-refractivity contribution in [3.05, 3.63) is 0 Å². The molecule has 1 unspecified atom stereocenters. The molecule has 0 heterocycles. The SMILES string of the molecule is CC(O)CC(=O)O.COC(=O)CCCO. The number of hydrogen-bond donors (Lipinski definition) is 3. The Morgan fingerprint density at radius 3 is 2.13 bits per heavy atom. The number of methoxy groups -OCH3 is 1. The van der Waals surface area contributed by atoms with Crippen molar-refractivity contribution in [1.29, 1.82) is 0 Å². The van der Waals surface area contributed by atoms with Crippen LogP contribution in [0.15, 0.2) is 0 Å². The summed E-state index contributed by atoms with van der Waals surface area (Å²) in [6.07, 6.45) is -0.0860. The highest BCUT2D eigenvalue weighted by Gasteiger charge is 2.00. The van der Waals surface area contributed by atoms with Gasteiger partial charge in [-0.3, -0.25) is 9.59 Å². The lowest BCUT2D eigenvalue weighted by Crippen LogP contribution is -2.07. The molecule has 0 aliphatic heterocycles. The minimum Gasteiger partial charge on any atom is -0.481 e. The van der Waals surface area contributed by atoms with Crippen LogP contribution in [0, 0.1) is 0 Å². The fraction of sp³-hybridized carbons (Fsp3) is 0.778. The summed E-state index contributed by atoms with van der Waals surface area (Å²) < 4.78 is 4.30. The molecule has 3 N–H and O–H groups in total. The molecular weight excluding hydrogens is 204 g/mol. The molecule has 0 aromatic rings. The molecule has 6 heteroatoms. The topological polar surface area (TPSA) is 104 Å². The Balaban J connectivity index is 0. The monoisotopic (exact) mass is 222 g/mol. The van der Waals surface area contributed by atoms with Crippen LogP contribution in [0.1, 0.15) is 26.2 Å². The second kappa shape index (κ2) is 10.9. The lowest BCUT2D eigenvalue weighted by atomic mass is 10.3. The molecule has 15 heavy (non-hydrogen) atoms. The van der Waals surface area contributed by atoms with Gasteiger partial charge in [0.25, 0.3) is 0 Å². The van der Waals surface area contributed by atoms with Crippen LogP contribution in [0.5, 0.6) is 0 Å². The van der Waals surface area contributed by atoms with Crippen LogP contribution in [0.2, 0.25) is 0 Å². The van der Waals surface area contributed by atoms with Crippen LogP contribution in [0.4, 0.5) is 0 Å². The van der Waals surface area contributed by atoms with E-state index >= 15 is 0 Å². The normalized spacial score (nSPS) is 10.9. The van der Waals surface area contributed by atoms with E-state index in [0.29, 0.717) is 12.8 Å². The number of carbonyl (C=O) groups is 2. The summed E-state index contributed by atoms with van der Waals surface area (Å²) in [6.45, 7) is 1.49. The highest BCUT2D eigenvalue weighted by molar-refractivity contribution is 5.69. The molecule has 0 bridgehead atoms. The first-order chi connectivity index (χ1) is 6.93. The number of ether oxygens (including phenoxy) is 1. The molecule has 0 saturated carbocycles. The summed E-state index contributed by atoms with van der Waals surface area (Å²) in [5, 5.41) is 24.5. The van der Waals surface area contributed by atoms with E-state index in [1.54, 1.807) is 0 Å². The predicted octanol–water partition coefficient (Wildman–Crippen LogP) is -0.226. The number of aliphatic hydroxyl groups excluding tert-OH is 2. The van der Waals surface area contributed by atoms with Gasteiger partial charge in [-0.25, -0.2) is 0 Å². The van der Waals surface area contributed by atoms with Crippen LogP contribution >= 0.6 is 0 Å². The van der Waals surface area contributed by atoms with Crippen molar-refractivity contribution in [3.8, 4) is 0 Å². The summed E-state index contributed by atoms with van der Waals surface area (Å²) in [4.78, 5) is 19.9. The zero-order chi connectivity index (χ0) is 12.3. The average Bonchev–Trinajstić information content (AvgIpc) is 2.12. The zero-order valence-corrected chi connectivity index (χ0v) is 8.97. The van der Waals surface area contributed by atoms with Gasteiger partial charge in [0.1, 0.15) is 0 Å². The molecule has 0 aromatic carbocycles. The third-order valence-corrected chi connectivity index (χ3v) is 1.24. The minimum absolute atomic E-state index is 0.0507. The van der Waals surface area contributed by atoms with Crippen molar-refractivity contribution >= 4 is 11.9 Å². The second-order valence-corrected chi connectivity index (χ2v) is 2.85. The molecule has 90 valence electrons. The number of rotatable bonds is 5. The number of carboxylic acid groups (broad SMARTS) is 1. The number of hydrogen-bond acceptors (Lipinski definition) is 5. The Hall–Kier alpha value is -1.14. The van der Waals surface area contributed by atoms with Gasteiger partial charge in [-0.05, 0) is 13.3 Å². The Kier molecular flexibility index (Phi) is 11.9. The molecule has 0 amide bonds. The fourth-order valence-electron chi connectivity index (χ4n) is 0.578. The highest BCUT2D eigenvalue weighted by Crippen LogP contribution is 1.88. The molecule has 0 saturated heterocycles.